The third kappa shape index (κ3) is 5.19. The van der Waals surface area contributed by atoms with Gasteiger partial charge in [-0.3, -0.25) is 0 Å². The minimum Gasteiger partial charge on any atom is -0.390 e. The molecule has 1 aromatic carbocycles. The molecule has 0 spiro atoms. The number of hydrogen-bond donors (Lipinski definition) is 1. The van der Waals surface area contributed by atoms with E-state index in [1.807, 2.05) is 6.92 Å². The van der Waals surface area contributed by atoms with Crippen molar-refractivity contribution in [1.29, 1.82) is 0 Å². The van der Waals surface area contributed by atoms with Crippen LogP contribution in [0.4, 0.5) is 0 Å². The lowest BCUT2D eigenvalue weighted by Crippen LogP contribution is -2.48. The van der Waals surface area contributed by atoms with Crippen LogP contribution in [0, 0.1) is 0 Å². The number of benzene rings is 1. The van der Waals surface area contributed by atoms with Crippen LogP contribution in [0.25, 0.3) is 0 Å². The van der Waals surface area contributed by atoms with E-state index in [4.69, 9.17) is 0 Å². The molecule has 0 radical (unpaired) electrons. The SMILES string of the molecule is CC(CC(C)(O)C[Si](C)(C)C)[Si](C)(C)c1ccccc1. The first-order valence-electron chi connectivity index (χ1n) is 7.72. The summed E-state index contributed by atoms with van der Waals surface area (Å²) in [5.41, 5.74) is 0.0689. The Morgan fingerprint density at radius 2 is 1.55 bits per heavy atom. The number of hydrogen-bond acceptors (Lipinski definition) is 1. The molecular weight excluding hydrogens is 276 g/mol. The molecule has 1 nitrogen and oxygen atoms in total. The Hall–Kier alpha value is -0.386. The Kier molecular flexibility index (Phi) is 5.44. The fraction of sp³-hybridized carbons (Fsp3) is 0.647. The standard InChI is InChI=1S/C17H32OSi2/c1-15(13-17(2,18)14-19(3,4)5)20(6,7)16-11-9-8-10-12-16/h8-12,15,18H,13-14H2,1-7H3. The summed E-state index contributed by atoms with van der Waals surface area (Å²) in [4.78, 5) is 0. The predicted molar refractivity (Wildman–Crippen MR) is 96.4 cm³/mol. The normalized spacial score (nSPS) is 17.6. The molecule has 1 rings (SSSR count). The van der Waals surface area contributed by atoms with Crippen LogP contribution in [-0.4, -0.2) is 26.9 Å². The molecule has 1 N–H and O–H groups in total. The molecule has 0 aromatic heterocycles. The van der Waals surface area contributed by atoms with Gasteiger partial charge in [0.1, 0.15) is 0 Å². The van der Waals surface area contributed by atoms with E-state index in [2.05, 4.69) is 70.0 Å². The number of rotatable bonds is 6. The minimum absolute atomic E-state index is 0.511. The zero-order valence-electron chi connectivity index (χ0n) is 14.3. The lowest BCUT2D eigenvalue weighted by atomic mass is 10.0. The second kappa shape index (κ2) is 6.16. The van der Waals surface area contributed by atoms with Crippen LogP contribution in [0.1, 0.15) is 20.3 Å². The molecule has 0 aliphatic heterocycles. The second-order valence-electron chi connectivity index (χ2n) is 8.43. The average Bonchev–Trinajstić information content (AvgIpc) is 2.26. The van der Waals surface area contributed by atoms with Gasteiger partial charge in [-0.15, -0.1) is 0 Å². The smallest absolute Gasteiger partial charge is 0.0835 e. The zero-order chi connectivity index (χ0) is 15.6. The van der Waals surface area contributed by atoms with Crippen molar-refractivity contribution >= 4 is 21.3 Å². The van der Waals surface area contributed by atoms with E-state index < -0.39 is 21.7 Å². The minimum atomic E-state index is -1.51. The van der Waals surface area contributed by atoms with Crippen LogP contribution in [0.2, 0.25) is 44.3 Å². The highest BCUT2D eigenvalue weighted by molar-refractivity contribution is 6.90. The molecule has 0 bridgehead atoms. The van der Waals surface area contributed by atoms with Gasteiger partial charge >= 0.3 is 0 Å². The van der Waals surface area contributed by atoms with Crippen LogP contribution in [-0.2, 0) is 0 Å². The van der Waals surface area contributed by atoms with E-state index in [1.54, 1.807) is 0 Å². The predicted octanol–water partition coefficient (Wildman–Crippen LogP) is 4.47. The molecule has 1 aromatic rings. The topological polar surface area (TPSA) is 20.2 Å². The summed E-state index contributed by atoms with van der Waals surface area (Å²) in [6.45, 7) is 16.2. The van der Waals surface area contributed by atoms with E-state index in [1.165, 1.54) is 5.19 Å². The number of aliphatic hydroxyl groups is 1. The van der Waals surface area contributed by atoms with Crippen molar-refractivity contribution in [2.45, 2.75) is 70.2 Å². The largest absolute Gasteiger partial charge is 0.390 e. The summed E-state index contributed by atoms with van der Waals surface area (Å²) in [6.07, 6.45) is 0.922. The Bertz CT molecular complexity index is 418. The molecule has 114 valence electrons. The lowest BCUT2D eigenvalue weighted by Gasteiger charge is -2.38. The summed E-state index contributed by atoms with van der Waals surface area (Å²) in [6, 6.07) is 11.9. The maximum absolute atomic E-state index is 10.8. The fourth-order valence-electron chi connectivity index (χ4n) is 3.28. The Balaban J connectivity index is 2.82. The average molecular weight is 309 g/mol. The Labute approximate surface area is 127 Å². The highest BCUT2D eigenvalue weighted by atomic mass is 28.3. The van der Waals surface area contributed by atoms with Gasteiger partial charge in [-0.05, 0) is 24.9 Å². The van der Waals surface area contributed by atoms with Gasteiger partial charge in [0.05, 0.1) is 13.7 Å². The van der Waals surface area contributed by atoms with E-state index in [9.17, 15) is 5.11 Å². The van der Waals surface area contributed by atoms with Crippen molar-refractivity contribution in [3.63, 3.8) is 0 Å². The molecule has 2 unspecified atom stereocenters. The molecule has 3 heteroatoms. The highest BCUT2D eigenvalue weighted by Crippen LogP contribution is 2.34. The Morgan fingerprint density at radius 3 is 2.00 bits per heavy atom. The zero-order valence-corrected chi connectivity index (χ0v) is 16.3. The molecule has 0 aliphatic carbocycles. The highest BCUT2D eigenvalue weighted by Gasteiger charge is 2.37. The Morgan fingerprint density at radius 1 is 1.05 bits per heavy atom. The van der Waals surface area contributed by atoms with Crippen LogP contribution in [0.3, 0.4) is 0 Å². The maximum Gasteiger partial charge on any atom is 0.0835 e. The lowest BCUT2D eigenvalue weighted by molar-refractivity contribution is 0.0683. The van der Waals surface area contributed by atoms with Crippen LogP contribution in [0.5, 0.6) is 0 Å². The summed E-state index contributed by atoms with van der Waals surface area (Å²) in [5, 5.41) is 12.3. The van der Waals surface area contributed by atoms with Crippen molar-refractivity contribution < 1.29 is 5.11 Å². The maximum atomic E-state index is 10.8. The fourth-order valence-corrected chi connectivity index (χ4v) is 8.28. The summed E-state index contributed by atoms with van der Waals surface area (Å²) in [7, 11) is -2.74. The van der Waals surface area contributed by atoms with Gasteiger partial charge in [-0.2, -0.15) is 0 Å². The monoisotopic (exact) mass is 308 g/mol. The van der Waals surface area contributed by atoms with Gasteiger partial charge in [-0.1, -0.05) is 75.2 Å². The van der Waals surface area contributed by atoms with Gasteiger partial charge in [0.25, 0.3) is 0 Å². The van der Waals surface area contributed by atoms with Gasteiger partial charge in [0.2, 0.25) is 0 Å². The van der Waals surface area contributed by atoms with Crippen molar-refractivity contribution in [3.05, 3.63) is 30.3 Å². The molecule has 2 atom stereocenters. The first kappa shape index (κ1) is 17.7. The summed E-state index contributed by atoms with van der Waals surface area (Å²) < 4.78 is 0. The molecule has 0 saturated heterocycles. The molecule has 0 heterocycles. The molecule has 20 heavy (non-hydrogen) atoms. The molecule has 0 fully saturated rings. The van der Waals surface area contributed by atoms with E-state index in [0.717, 1.165) is 12.5 Å². The van der Waals surface area contributed by atoms with E-state index in [-0.39, 0.29) is 0 Å². The molecule has 0 saturated carbocycles. The van der Waals surface area contributed by atoms with Gasteiger partial charge in [-0.25, -0.2) is 0 Å². The van der Waals surface area contributed by atoms with Crippen molar-refractivity contribution in [2.75, 3.05) is 0 Å². The first-order valence-corrected chi connectivity index (χ1v) is 14.5. The third-order valence-electron chi connectivity index (χ3n) is 4.41. The van der Waals surface area contributed by atoms with Crippen molar-refractivity contribution in [2.24, 2.45) is 0 Å². The van der Waals surface area contributed by atoms with Crippen LogP contribution < -0.4 is 5.19 Å². The summed E-state index contributed by atoms with van der Waals surface area (Å²) in [5.74, 6) is 0. The quantitative estimate of drug-likeness (QED) is 0.769. The van der Waals surface area contributed by atoms with Crippen molar-refractivity contribution in [3.8, 4) is 0 Å². The summed E-state index contributed by atoms with van der Waals surface area (Å²) >= 11 is 0. The van der Waals surface area contributed by atoms with Gasteiger partial charge in [0.15, 0.2) is 0 Å². The van der Waals surface area contributed by atoms with Crippen molar-refractivity contribution in [1.82, 2.24) is 0 Å². The molecule has 0 aliphatic rings. The van der Waals surface area contributed by atoms with Gasteiger partial charge in [0, 0.05) is 8.07 Å². The third-order valence-corrected chi connectivity index (χ3v) is 10.7. The van der Waals surface area contributed by atoms with Crippen LogP contribution >= 0.6 is 0 Å². The van der Waals surface area contributed by atoms with E-state index >= 15 is 0 Å². The first-order chi connectivity index (χ1) is 8.94. The van der Waals surface area contributed by atoms with E-state index in [0.29, 0.717) is 5.54 Å². The molecular formula is C17H32OSi2. The van der Waals surface area contributed by atoms with Crippen LogP contribution in [0.15, 0.2) is 30.3 Å². The molecule has 0 amide bonds. The van der Waals surface area contributed by atoms with Gasteiger partial charge < -0.3 is 5.11 Å². The second-order valence-corrected chi connectivity index (χ2v) is 18.9.